The molecule has 0 fully saturated rings. The highest BCUT2D eigenvalue weighted by atomic mass is 35.5. The van der Waals surface area contributed by atoms with Gasteiger partial charge in [-0.15, -0.1) is 0 Å². The Labute approximate surface area is 81.7 Å². The molecule has 0 heterocycles. The molecule has 2 N–H and O–H groups in total. The van der Waals surface area contributed by atoms with E-state index in [2.05, 4.69) is 11.8 Å². The van der Waals surface area contributed by atoms with Crippen LogP contribution in [0.5, 0.6) is 0 Å². The summed E-state index contributed by atoms with van der Waals surface area (Å²) < 4.78 is 13.0. The van der Waals surface area contributed by atoms with Gasteiger partial charge in [0.25, 0.3) is 0 Å². The van der Waals surface area contributed by atoms with Crippen LogP contribution in [0, 0.1) is 17.7 Å². The average molecular weight is 198 g/mol. The van der Waals surface area contributed by atoms with Crippen LogP contribution in [0.2, 0.25) is 5.02 Å². The summed E-state index contributed by atoms with van der Waals surface area (Å²) in [6.07, 6.45) is 0.561. The second kappa shape index (κ2) is 4.86. The van der Waals surface area contributed by atoms with Crippen molar-refractivity contribution in [3.05, 3.63) is 34.6 Å². The highest BCUT2D eigenvalue weighted by molar-refractivity contribution is 6.30. The second-order valence-corrected chi connectivity index (χ2v) is 2.90. The number of hydrogen-bond acceptors (Lipinski definition) is 1. The van der Waals surface area contributed by atoms with Gasteiger partial charge in [-0.25, -0.2) is 4.39 Å². The maximum Gasteiger partial charge on any atom is 0.138 e. The van der Waals surface area contributed by atoms with Crippen LogP contribution in [0.1, 0.15) is 12.0 Å². The molecule has 1 nitrogen and oxygen atoms in total. The normalized spacial score (nSPS) is 9.15. The van der Waals surface area contributed by atoms with Crippen LogP contribution in [-0.2, 0) is 0 Å². The van der Waals surface area contributed by atoms with E-state index in [1.54, 1.807) is 0 Å². The van der Waals surface area contributed by atoms with Gasteiger partial charge in [-0.05, 0) is 18.2 Å². The summed E-state index contributed by atoms with van der Waals surface area (Å²) in [5.74, 6) is 5.06. The monoisotopic (exact) mass is 197 g/mol. The molecule has 1 aromatic rings. The van der Waals surface area contributed by atoms with Gasteiger partial charge in [-0.3, -0.25) is 0 Å². The third kappa shape index (κ3) is 3.06. The predicted octanol–water partition coefficient (Wildman–Crippen LogP) is 2.18. The highest BCUT2D eigenvalue weighted by Crippen LogP contribution is 2.13. The van der Waals surface area contributed by atoms with Crippen LogP contribution in [0.3, 0.4) is 0 Å². The van der Waals surface area contributed by atoms with Crippen molar-refractivity contribution in [1.29, 1.82) is 0 Å². The van der Waals surface area contributed by atoms with Gasteiger partial charge in [0.15, 0.2) is 0 Å². The zero-order chi connectivity index (χ0) is 9.68. The Kier molecular flexibility index (Phi) is 3.75. The van der Waals surface area contributed by atoms with Crippen molar-refractivity contribution < 1.29 is 4.39 Å². The van der Waals surface area contributed by atoms with E-state index in [1.165, 1.54) is 18.2 Å². The van der Waals surface area contributed by atoms with Crippen molar-refractivity contribution in [2.45, 2.75) is 6.42 Å². The van der Waals surface area contributed by atoms with Gasteiger partial charge in [0.2, 0.25) is 0 Å². The van der Waals surface area contributed by atoms with Gasteiger partial charge in [0, 0.05) is 18.0 Å². The Balaban J connectivity index is 2.89. The van der Waals surface area contributed by atoms with Crippen LogP contribution >= 0.6 is 11.6 Å². The Bertz CT molecular complexity index is 352. The van der Waals surface area contributed by atoms with Crippen LogP contribution in [0.15, 0.2) is 18.2 Å². The van der Waals surface area contributed by atoms with Crippen molar-refractivity contribution in [2.24, 2.45) is 5.73 Å². The Morgan fingerprint density at radius 1 is 1.46 bits per heavy atom. The van der Waals surface area contributed by atoms with E-state index < -0.39 is 0 Å². The molecule has 0 saturated heterocycles. The fourth-order valence-electron chi connectivity index (χ4n) is 0.823. The number of benzene rings is 1. The van der Waals surface area contributed by atoms with Crippen molar-refractivity contribution in [3.8, 4) is 11.8 Å². The molecule has 0 atom stereocenters. The van der Waals surface area contributed by atoms with Crippen LogP contribution < -0.4 is 5.73 Å². The lowest BCUT2D eigenvalue weighted by atomic mass is 10.2. The fourth-order valence-corrected chi connectivity index (χ4v) is 0.995. The van der Waals surface area contributed by atoms with E-state index in [9.17, 15) is 4.39 Å². The highest BCUT2D eigenvalue weighted by Gasteiger charge is 1.98. The predicted molar refractivity (Wildman–Crippen MR) is 52.0 cm³/mol. The average Bonchev–Trinajstić information content (AvgIpc) is 2.11. The van der Waals surface area contributed by atoms with Gasteiger partial charge < -0.3 is 5.73 Å². The molecule has 0 aliphatic heterocycles. The first-order valence-corrected chi connectivity index (χ1v) is 4.26. The van der Waals surface area contributed by atoms with Gasteiger partial charge in [-0.2, -0.15) is 0 Å². The molecule has 0 saturated carbocycles. The first-order valence-electron chi connectivity index (χ1n) is 3.88. The Hall–Kier alpha value is -1.04. The summed E-state index contributed by atoms with van der Waals surface area (Å²) in [5, 5.41) is 0.485. The minimum Gasteiger partial charge on any atom is -0.330 e. The SMILES string of the molecule is NCCC#Cc1cc(Cl)ccc1F. The molecule has 1 aromatic carbocycles. The largest absolute Gasteiger partial charge is 0.330 e. The Morgan fingerprint density at radius 2 is 2.23 bits per heavy atom. The summed E-state index contributed by atoms with van der Waals surface area (Å²) in [6.45, 7) is 0.481. The van der Waals surface area contributed by atoms with E-state index in [1.807, 2.05) is 0 Å². The van der Waals surface area contributed by atoms with E-state index in [0.29, 0.717) is 23.6 Å². The smallest absolute Gasteiger partial charge is 0.138 e. The van der Waals surface area contributed by atoms with E-state index >= 15 is 0 Å². The van der Waals surface area contributed by atoms with Crippen molar-refractivity contribution in [2.75, 3.05) is 6.54 Å². The molecule has 0 spiro atoms. The maximum atomic E-state index is 13.0. The number of halogens is 2. The summed E-state index contributed by atoms with van der Waals surface area (Å²) in [6, 6.07) is 4.29. The molecule has 0 aromatic heterocycles. The van der Waals surface area contributed by atoms with Crippen molar-refractivity contribution in [1.82, 2.24) is 0 Å². The maximum absolute atomic E-state index is 13.0. The lowest BCUT2D eigenvalue weighted by molar-refractivity contribution is 0.624. The molecule has 0 unspecified atom stereocenters. The molecule has 3 heteroatoms. The van der Waals surface area contributed by atoms with Gasteiger partial charge >= 0.3 is 0 Å². The van der Waals surface area contributed by atoms with E-state index in [0.717, 1.165) is 0 Å². The molecule has 68 valence electrons. The third-order valence-electron chi connectivity index (χ3n) is 1.42. The molecule has 0 aliphatic rings. The minimum absolute atomic E-state index is 0.320. The molecular formula is C10H9ClFN. The second-order valence-electron chi connectivity index (χ2n) is 2.46. The minimum atomic E-state index is -0.353. The fraction of sp³-hybridized carbons (Fsp3) is 0.200. The summed E-state index contributed by atoms with van der Waals surface area (Å²) >= 11 is 5.67. The summed E-state index contributed by atoms with van der Waals surface area (Å²) in [4.78, 5) is 0. The number of rotatable bonds is 1. The first kappa shape index (κ1) is 10.0. The molecule has 13 heavy (non-hydrogen) atoms. The molecule has 0 aliphatic carbocycles. The Morgan fingerprint density at radius 3 is 2.92 bits per heavy atom. The van der Waals surface area contributed by atoms with Crippen molar-refractivity contribution >= 4 is 11.6 Å². The van der Waals surface area contributed by atoms with Crippen LogP contribution in [0.25, 0.3) is 0 Å². The van der Waals surface area contributed by atoms with E-state index in [4.69, 9.17) is 17.3 Å². The lowest BCUT2D eigenvalue weighted by Crippen LogP contribution is -1.95. The summed E-state index contributed by atoms with van der Waals surface area (Å²) in [5.41, 5.74) is 5.56. The third-order valence-corrected chi connectivity index (χ3v) is 1.66. The standard InChI is InChI=1S/C10H9ClFN/c11-9-4-5-10(12)8(7-9)3-1-2-6-13/h4-5,7H,2,6,13H2. The van der Waals surface area contributed by atoms with Crippen LogP contribution in [0.4, 0.5) is 4.39 Å². The zero-order valence-electron chi connectivity index (χ0n) is 6.98. The first-order chi connectivity index (χ1) is 6.24. The molecular weight excluding hydrogens is 189 g/mol. The number of hydrogen-bond donors (Lipinski definition) is 1. The number of nitrogens with two attached hydrogens (primary N) is 1. The quantitative estimate of drug-likeness (QED) is 0.687. The summed E-state index contributed by atoms with van der Waals surface area (Å²) in [7, 11) is 0. The lowest BCUT2D eigenvalue weighted by Gasteiger charge is -1.94. The van der Waals surface area contributed by atoms with Gasteiger partial charge in [0.1, 0.15) is 5.82 Å². The zero-order valence-corrected chi connectivity index (χ0v) is 7.74. The topological polar surface area (TPSA) is 26.0 Å². The van der Waals surface area contributed by atoms with E-state index in [-0.39, 0.29) is 5.82 Å². The molecule has 0 bridgehead atoms. The molecule has 1 rings (SSSR count). The van der Waals surface area contributed by atoms with Crippen LogP contribution in [-0.4, -0.2) is 6.54 Å². The van der Waals surface area contributed by atoms with Crippen molar-refractivity contribution in [3.63, 3.8) is 0 Å². The molecule has 0 amide bonds. The van der Waals surface area contributed by atoms with Gasteiger partial charge in [-0.1, -0.05) is 23.4 Å². The van der Waals surface area contributed by atoms with Gasteiger partial charge in [0.05, 0.1) is 5.56 Å². The molecule has 0 radical (unpaired) electrons.